The Bertz CT molecular complexity index is 1620. The molecule has 0 amide bonds. The summed E-state index contributed by atoms with van der Waals surface area (Å²) in [6, 6.07) is 25.8. The molecule has 0 radical (unpaired) electrons. The van der Waals surface area contributed by atoms with Gasteiger partial charge in [-0.3, -0.25) is 4.98 Å². The quantitative estimate of drug-likeness (QED) is 0.0660. The van der Waals surface area contributed by atoms with Gasteiger partial charge in [0.05, 0.1) is 11.3 Å². The summed E-state index contributed by atoms with van der Waals surface area (Å²) < 4.78 is 0. The third kappa shape index (κ3) is 6.31. The van der Waals surface area contributed by atoms with Crippen LogP contribution in [0.5, 0.6) is 0 Å². The van der Waals surface area contributed by atoms with Gasteiger partial charge in [-0.05, 0) is 74.2 Å². The van der Waals surface area contributed by atoms with Crippen LogP contribution in [-0.2, 0) is 11.4 Å². The molecule has 0 saturated carbocycles. The first-order chi connectivity index (χ1) is 19.2. The second-order valence-corrected chi connectivity index (χ2v) is 12.1. The van der Waals surface area contributed by atoms with Crippen LogP contribution >= 0.6 is 23.1 Å². The Morgan fingerprint density at radius 2 is 1.57 bits per heavy atom. The predicted molar refractivity (Wildman–Crippen MR) is 163 cm³/mol. The lowest BCUT2D eigenvalue weighted by Gasteiger charge is -2.17. The molecule has 0 aliphatic carbocycles. The Morgan fingerprint density at radius 3 is 2.17 bits per heavy atom. The van der Waals surface area contributed by atoms with E-state index in [4.69, 9.17) is 0 Å². The van der Waals surface area contributed by atoms with E-state index in [2.05, 4.69) is 38.3 Å². The molecule has 0 spiro atoms. The van der Waals surface area contributed by atoms with E-state index >= 15 is 0 Å². The SMILES string of the molecule is Cc1cc(C)nc(SCc2cc(-c3ccc(C(=NO)c4ccccn4)cc3)sc2-c2ccc(C(C)(C)O)cc2)n1. The van der Waals surface area contributed by atoms with Crippen LogP contribution in [0.4, 0.5) is 0 Å². The fraction of sp³-hybridized carbons (Fsp3) is 0.188. The minimum absolute atomic E-state index is 0.427. The summed E-state index contributed by atoms with van der Waals surface area (Å²) in [5.74, 6) is 0.723. The van der Waals surface area contributed by atoms with E-state index in [-0.39, 0.29) is 0 Å². The largest absolute Gasteiger partial charge is 0.410 e. The van der Waals surface area contributed by atoms with E-state index in [0.29, 0.717) is 11.4 Å². The summed E-state index contributed by atoms with van der Waals surface area (Å²) in [6.07, 6.45) is 1.68. The maximum absolute atomic E-state index is 10.4. The van der Waals surface area contributed by atoms with Gasteiger partial charge < -0.3 is 10.3 Å². The molecule has 0 aliphatic heterocycles. The van der Waals surface area contributed by atoms with Gasteiger partial charge in [0.1, 0.15) is 5.71 Å². The lowest BCUT2D eigenvalue weighted by atomic mass is 9.96. The van der Waals surface area contributed by atoms with Crippen LogP contribution in [0.15, 0.2) is 95.4 Å². The predicted octanol–water partition coefficient (Wildman–Crippen LogP) is 7.63. The number of thiophene rings is 1. The monoisotopic (exact) mass is 566 g/mol. The average molecular weight is 567 g/mol. The zero-order chi connectivity index (χ0) is 28.3. The Morgan fingerprint density at radius 1 is 0.900 bits per heavy atom. The number of thioether (sulfide) groups is 1. The standard InChI is InChI=1S/C32H30N4O2S2/c1-20-17-21(2)35-31(34-20)39-19-25-18-28(40-30(25)24-12-14-26(15-13-24)32(3,4)37)22-8-10-23(11-9-22)29(36-38)27-7-5-6-16-33-27/h5-18,37-38H,19H2,1-4H3. The smallest absolute Gasteiger partial charge is 0.188 e. The summed E-state index contributed by atoms with van der Waals surface area (Å²) in [5, 5.41) is 24.4. The Balaban J connectivity index is 1.48. The van der Waals surface area contributed by atoms with Crippen molar-refractivity contribution in [3.05, 3.63) is 119 Å². The average Bonchev–Trinajstić information content (AvgIpc) is 3.37. The van der Waals surface area contributed by atoms with Gasteiger partial charge in [0.2, 0.25) is 0 Å². The van der Waals surface area contributed by atoms with Crippen molar-refractivity contribution >= 4 is 28.8 Å². The van der Waals surface area contributed by atoms with Crippen LogP contribution < -0.4 is 0 Å². The molecule has 3 heterocycles. The van der Waals surface area contributed by atoms with Gasteiger partial charge in [-0.2, -0.15) is 0 Å². The van der Waals surface area contributed by atoms with Crippen LogP contribution in [0.2, 0.25) is 0 Å². The van der Waals surface area contributed by atoms with E-state index in [1.165, 1.54) is 10.4 Å². The van der Waals surface area contributed by atoms with E-state index in [9.17, 15) is 10.3 Å². The number of aromatic nitrogens is 3. The molecule has 6 nitrogen and oxygen atoms in total. The number of oxime groups is 1. The van der Waals surface area contributed by atoms with Gasteiger partial charge in [0, 0.05) is 38.7 Å². The van der Waals surface area contributed by atoms with Crippen LogP contribution in [0.25, 0.3) is 20.9 Å². The van der Waals surface area contributed by atoms with Crippen LogP contribution in [0.3, 0.4) is 0 Å². The maximum Gasteiger partial charge on any atom is 0.188 e. The van der Waals surface area contributed by atoms with E-state index in [1.807, 2.05) is 74.5 Å². The minimum Gasteiger partial charge on any atom is -0.410 e. The highest BCUT2D eigenvalue weighted by Crippen LogP contribution is 2.41. The fourth-order valence-electron chi connectivity index (χ4n) is 4.40. The number of aliphatic hydroxyl groups is 1. The molecule has 8 heteroatoms. The molecule has 0 bridgehead atoms. The van der Waals surface area contributed by atoms with Crippen molar-refractivity contribution in [2.24, 2.45) is 5.16 Å². The van der Waals surface area contributed by atoms with Gasteiger partial charge in [-0.15, -0.1) is 11.3 Å². The molecule has 0 atom stereocenters. The van der Waals surface area contributed by atoms with Gasteiger partial charge in [0.15, 0.2) is 5.16 Å². The zero-order valence-electron chi connectivity index (χ0n) is 22.8. The van der Waals surface area contributed by atoms with Gasteiger partial charge in [-0.25, -0.2) is 9.97 Å². The zero-order valence-corrected chi connectivity index (χ0v) is 24.4. The van der Waals surface area contributed by atoms with Crippen LogP contribution in [-0.4, -0.2) is 31.0 Å². The van der Waals surface area contributed by atoms with E-state index < -0.39 is 5.60 Å². The molecule has 0 fully saturated rings. The molecule has 5 rings (SSSR count). The molecule has 0 aliphatic rings. The Kier molecular flexibility index (Phi) is 8.12. The molecule has 5 aromatic rings. The first-order valence-electron chi connectivity index (χ1n) is 12.9. The molecule has 2 N–H and O–H groups in total. The maximum atomic E-state index is 10.4. The van der Waals surface area contributed by atoms with Crippen molar-refractivity contribution in [1.82, 2.24) is 15.0 Å². The molecule has 2 aromatic carbocycles. The van der Waals surface area contributed by atoms with Crippen molar-refractivity contribution in [3.8, 4) is 20.9 Å². The number of benzene rings is 2. The number of pyridine rings is 1. The number of rotatable bonds is 8. The van der Waals surface area contributed by atoms with Crippen LogP contribution in [0.1, 0.15) is 47.6 Å². The first-order valence-corrected chi connectivity index (χ1v) is 14.7. The van der Waals surface area contributed by atoms with E-state index in [0.717, 1.165) is 49.4 Å². The van der Waals surface area contributed by atoms with Crippen molar-refractivity contribution < 1.29 is 10.3 Å². The number of nitrogens with zero attached hydrogens (tertiary/aromatic N) is 4. The summed E-state index contributed by atoms with van der Waals surface area (Å²) in [4.78, 5) is 15.8. The number of aryl methyl sites for hydroxylation is 2. The molecular formula is C32H30N4O2S2. The summed E-state index contributed by atoms with van der Waals surface area (Å²) >= 11 is 3.36. The highest BCUT2D eigenvalue weighted by molar-refractivity contribution is 7.98. The van der Waals surface area contributed by atoms with Crippen molar-refractivity contribution in [2.75, 3.05) is 0 Å². The van der Waals surface area contributed by atoms with Crippen LogP contribution in [0, 0.1) is 13.8 Å². The van der Waals surface area contributed by atoms with Gasteiger partial charge >= 0.3 is 0 Å². The molecule has 0 saturated heterocycles. The first kappa shape index (κ1) is 27.7. The normalized spacial score (nSPS) is 12.1. The highest BCUT2D eigenvalue weighted by Gasteiger charge is 2.18. The summed E-state index contributed by atoms with van der Waals surface area (Å²) in [6.45, 7) is 7.56. The number of hydrogen-bond acceptors (Lipinski definition) is 8. The summed E-state index contributed by atoms with van der Waals surface area (Å²) in [5.41, 5.74) is 7.08. The topological polar surface area (TPSA) is 91.5 Å². The lowest BCUT2D eigenvalue weighted by molar-refractivity contribution is 0.0786. The van der Waals surface area contributed by atoms with E-state index in [1.54, 1.807) is 43.1 Å². The molecule has 40 heavy (non-hydrogen) atoms. The molecule has 202 valence electrons. The van der Waals surface area contributed by atoms with Gasteiger partial charge in [0.25, 0.3) is 0 Å². The van der Waals surface area contributed by atoms with Gasteiger partial charge in [-0.1, -0.05) is 71.5 Å². The van der Waals surface area contributed by atoms with Crippen molar-refractivity contribution in [1.29, 1.82) is 0 Å². The fourth-order valence-corrected chi connectivity index (χ4v) is 6.62. The lowest BCUT2D eigenvalue weighted by Crippen LogP contribution is -2.14. The molecule has 0 unspecified atom stereocenters. The summed E-state index contributed by atoms with van der Waals surface area (Å²) in [7, 11) is 0. The van der Waals surface area contributed by atoms with Crippen molar-refractivity contribution in [2.45, 2.75) is 44.2 Å². The highest BCUT2D eigenvalue weighted by atomic mass is 32.2. The third-order valence-electron chi connectivity index (χ3n) is 6.43. The Labute approximate surface area is 242 Å². The number of hydrogen-bond donors (Lipinski definition) is 2. The molecule has 3 aromatic heterocycles. The van der Waals surface area contributed by atoms with Crippen molar-refractivity contribution in [3.63, 3.8) is 0 Å². The molecular weight excluding hydrogens is 537 g/mol. The second-order valence-electron chi connectivity index (χ2n) is 10.1. The Hall–Kier alpha value is -3.85. The second kappa shape index (κ2) is 11.7. The minimum atomic E-state index is -0.897. The third-order valence-corrected chi connectivity index (χ3v) is 8.60.